The molecule has 22 heavy (non-hydrogen) atoms. The summed E-state index contributed by atoms with van der Waals surface area (Å²) in [6, 6.07) is 11.4. The van der Waals surface area contributed by atoms with E-state index in [2.05, 4.69) is 4.72 Å². The molecule has 0 saturated heterocycles. The molecule has 1 aromatic carbocycles. The maximum Gasteiger partial charge on any atom is 0.241 e. The first kappa shape index (κ1) is 16.5. The summed E-state index contributed by atoms with van der Waals surface area (Å²) < 4.78 is 33.4. The van der Waals surface area contributed by atoms with Gasteiger partial charge in [0.1, 0.15) is 11.8 Å². The molecule has 0 aliphatic rings. The van der Waals surface area contributed by atoms with E-state index in [9.17, 15) is 8.42 Å². The van der Waals surface area contributed by atoms with Gasteiger partial charge in [0.2, 0.25) is 10.0 Å². The topological polar surface area (TPSA) is 59.3 Å². The molecule has 5 heteroatoms. The summed E-state index contributed by atoms with van der Waals surface area (Å²) in [6.45, 7) is 5.96. The molecular formula is C17H21NO3S. The Hall–Kier alpha value is -1.85. The summed E-state index contributed by atoms with van der Waals surface area (Å²) in [5.74, 6) is 0.778. The van der Waals surface area contributed by atoms with Crippen molar-refractivity contribution < 1.29 is 12.8 Å². The maximum absolute atomic E-state index is 12.6. The molecule has 1 aromatic heterocycles. The molecule has 0 spiro atoms. The van der Waals surface area contributed by atoms with E-state index in [1.807, 2.05) is 26.8 Å². The molecule has 2 rings (SSSR count). The molecule has 0 aliphatic heterocycles. The van der Waals surface area contributed by atoms with Crippen molar-refractivity contribution in [3.05, 3.63) is 66.1 Å². The quantitative estimate of drug-likeness (QED) is 0.821. The Kier molecular flexibility index (Phi) is 5.21. The van der Waals surface area contributed by atoms with Gasteiger partial charge in [0.05, 0.1) is 11.2 Å². The number of furan rings is 1. The van der Waals surface area contributed by atoms with Gasteiger partial charge in [-0.3, -0.25) is 0 Å². The van der Waals surface area contributed by atoms with Crippen molar-refractivity contribution in [2.45, 2.75) is 31.7 Å². The second-order valence-electron chi connectivity index (χ2n) is 5.33. The summed E-state index contributed by atoms with van der Waals surface area (Å²) in [5, 5.41) is 0. The zero-order chi connectivity index (χ0) is 16.2. The van der Waals surface area contributed by atoms with Crippen LogP contribution in [0.15, 0.2) is 69.7 Å². The lowest BCUT2D eigenvalue weighted by Gasteiger charge is -2.22. The third-order valence-electron chi connectivity index (χ3n) is 3.49. The van der Waals surface area contributed by atoms with Gasteiger partial charge in [-0.15, -0.1) is 0 Å². The SMILES string of the molecule is C/C=C(\C(C)C)[C@H](NS(=O)(=O)c1ccccc1)c1ccco1. The summed E-state index contributed by atoms with van der Waals surface area (Å²) in [5.41, 5.74) is 0.967. The van der Waals surface area contributed by atoms with Gasteiger partial charge in [-0.1, -0.05) is 38.1 Å². The van der Waals surface area contributed by atoms with Crippen molar-refractivity contribution in [2.24, 2.45) is 5.92 Å². The number of benzene rings is 1. The number of hydrogen-bond acceptors (Lipinski definition) is 3. The van der Waals surface area contributed by atoms with Crippen molar-refractivity contribution in [2.75, 3.05) is 0 Å². The third-order valence-corrected chi connectivity index (χ3v) is 4.93. The lowest BCUT2D eigenvalue weighted by molar-refractivity contribution is 0.453. The van der Waals surface area contributed by atoms with Crippen LogP contribution >= 0.6 is 0 Å². The van der Waals surface area contributed by atoms with E-state index in [1.54, 1.807) is 48.7 Å². The minimum absolute atomic E-state index is 0.193. The van der Waals surface area contributed by atoms with Gasteiger partial charge >= 0.3 is 0 Å². The highest BCUT2D eigenvalue weighted by Gasteiger charge is 2.27. The Morgan fingerprint density at radius 2 is 1.82 bits per heavy atom. The molecule has 0 aliphatic carbocycles. The molecule has 2 aromatic rings. The highest BCUT2D eigenvalue weighted by molar-refractivity contribution is 7.89. The monoisotopic (exact) mass is 319 g/mol. The normalized spacial score (nSPS) is 14.3. The van der Waals surface area contributed by atoms with Gasteiger partial charge in [0.25, 0.3) is 0 Å². The highest BCUT2D eigenvalue weighted by Crippen LogP contribution is 2.29. The largest absolute Gasteiger partial charge is 0.467 e. The van der Waals surface area contributed by atoms with Crippen molar-refractivity contribution >= 4 is 10.0 Å². The first-order valence-electron chi connectivity index (χ1n) is 7.22. The number of rotatable bonds is 6. The predicted molar refractivity (Wildman–Crippen MR) is 86.8 cm³/mol. The predicted octanol–water partition coefficient (Wildman–Crippen LogP) is 3.90. The Morgan fingerprint density at radius 3 is 2.32 bits per heavy atom. The number of nitrogens with one attached hydrogen (secondary N) is 1. The molecule has 0 fully saturated rings. The Balaban J connectivity index is 2.40. The van der Waals surface area contributed by atoms with E-state index in [4.69, 9.17) is 4.42 Å². The van der Waals surface area contributed by atoms with Crippen LogP contribution in [-0.4, -0.2) is 8.42 Å². The molecule has 0 unspecified atom stereocenters. The molecule has 0 amide bonds. The Labute approximate surface area is 131 Å². The van der Waals surface area contributed by atoms with Crippen LogP contribution in [0.1, 0.15) is 32.6 Å². The van der Waals surface area contributed by atoms with E-state index in [0.29, 0.717) is 5.76 Å². The van der Waals surface area contributed by atoms with Crippen molar-refractivity contribution in [1.82, 2.24) is 4.72 Å². The molecule has 0 radical (unpaired) electrons. The van der Waals surface area contributed by atoms with Gasteiger partial charge in [0.15, 0.2) is 0 Å². The van der Waals surface area contributed by atoms with Crippen LogP contribution < -0.4 is 4.72 Å². The van der Waals surface area contributed by atoms with Gasteiger partial charge in [-0.2, -0.15) is 4.72 Å². The molecule has 1 atom stereocenters. The second-order valence-corrected chi connectivity index (χ2v) is 7.04. The van der Waals surface area contributed by atoms with Gasteiger partial charge in [0, 0.05) is 0 Å². The van der Waals surface area contributed by atoms with E-state index >= 15 is 0 Å². The Morgan fingerprint density at radius 1 is 1.14 bits per heavy atom. The molecule has 118 valence electrons. The number of sulfonamides is 1. The average molecular weight is 319 g/mol. The fourth-order valence-electron chi connectivity index (χ4n) is 2.40. The van der Waals surface area contributed by atoms with Crippen LogP contribution in [-0.2, 0) is 10.0 Å². The van der Waals surface area contributed by atoms with Crippen LogP contribution in [0.5, 0.6) is 0 Å². The molecule has 1 N–H and O–H groups in total. The number of allylic oxidation sites excluding steroid dienone is 1. The van der Waals surface area contributed by atoms with Crippen molar-refractivity contribution in [3.63, 3.8) is 0 Å². The fraction of sp³-hybridized carbons (Fsp3) is 0.294. The zero-order valence-electron chi connectivity index (χ0n) is 13.0. The van der Waals surface area contributed by atoms with Crippen LogP contribution in [0.4, 0.5) is 0 Å². The van der Waals surface area contributed by atoms with Crippen LogP contribution in [0.3, 0.4) is 0 Å². The maximum atomic E-state index is 12.6. The smallest absolute Gasteiger partial charge is 0.241 e. The Bertz CT molecular complexity index is 717. The molecular weight excluding hydrogens is 298 g/mol. The second kappa shape index (κ2) is 6.94. The minimum atomic E-state index is -3.62. The molecule has 0 bridgehead atoms. The van der Waals surface area contributed by atoms with E-state index < -0.39 is 16.1 Å². The van der Waals surface area contributed by atoms with E-state index in [1.165, 1.54) is 0 Å². The van der Waals surface area contributed by atoms with Crippen LogP contribution in [0, 0.1) is 5.92 Å². The third kappa shape index (κ3) is 3.67. The summed E-state index contributed by atoms with van der Waals surface area (Å²) in [4.78, 5) is 0.241. The van der Waals surface area contributed by atoms with Gasteiger partial charge in [-0.05, 0) is 42.7 Å². The average Bonchev–Trinajstić information content (AvgIpc) is 3.01. The van der Waals surface area contributed by atoms with Crippen LogP contribution in [0.2, 0.25) is 0 Å². The van der Waals surface area contributed by atoms with Gasteiger partial charge in [-0.25, -0.2) is 8.42 Å². The summed E-state index contributed by atoms with van der Waals surface area (Å²) >= 11 is 0. The fourth-order valence-corrected chi connectivity index (χ4v) is 3.62. The van der Waals surface area contributed by atoms with Crippen LogP contribution in [0.25, 0.3) is 0 Å². The first-order chi connectivity index (χ1) is 10.5. The molecule has 1 heterocycles. The highest BCUT2D eigenvalue weighted by atomic mass is 32.2. The minimum Gasteiger partial charge on any atom is -0.467 e. The molecule has 0 saturated carbocycles. The summed E-state index contributed by atoms with van der Waals surface area (Å²) in [7, 11) is -3.62. The van der Waals surface area contributed by atoms with E-state index in [0.717, 1.165) is 5.57 Å². The first-order valence-corrected chi connectivity index (χ1v) is 8.71. The lowest BCUT2D eigenvalue weighted by atomic mass is 9.94. The standard InChI is InChI=1S/C17H21NO3S/c1-4-15(13(2)3)17(16-11-8-12-21-16)18-22(19,20)14-9-6-5-7-10-14/h4-13,17-18H,1-3H3/b15-4+/t17-/m0/s1. The van der Waals surface area contributed by atoms with Crippen molar-refractivity contribution in [3.8, 4) is 0 Å². The van der Waals surface area contributed by atoms with E-state index in [-0.39, 0.29) is 10.8 Å². The van der Waals surface area contributed by atoms with Gasteiger partial charge < -0.3 is 4.42 Å². The number of hydrogen-bond donors (Lipinski definition) is 1. The summed E-state index contributed by atoms with van der Waals surface area (Å²) in [6.07, 6.45) is 3.48. The zero-order valence-corrected chi connectivity index (χ0v) is 13.8. The van der Waals surface area contributed by atoms with Crippen molar-refractivity contribution in [1.29, 1.82) is 0 Å². The molecule has 4 nitrogen and oxygen atoms in total. The lowest BCUT2D eigenvalue weighted by Crippen LogP contribution is -2.31.